The Morgan fingerprint density at radius 1 is 1.17 bits per heavy atom. The van der Waals surface area contributed by atoms with E-state index in [-0.39, 0.29) is 11.1 Å². The molecule has 0 radical (unpaired) electrons. The SMILES string of the molecule is N#C/C(=C\c1cccc(C(F)(F)F)c1)C(=O)Nc1cccc(I)c1. The molecule has 0 heterocycles. The number of amides is 1. The fourth-order valence-electron chi connectivity index (χ4n) is 1.88. The minimum Gasteiger partial charge on any atom is -0.321 e. The van der Waals surface area contributed by atoms with Crippen LogP contribution in [0.2, 0.25) is 0 Å². The van der Waals surface area contributed by atoms with E-state index < -0.39 is 17.6 Å². The van der Waals surface area contributed by atoms with Crippen LogP contribution in [0.4, 0.5) is 18.9 Å². The molecular weight excluding hydrogens is 432 g/mol. The van der Waals surface area contributed by atoms with E-state index in [1.54, 1.807) is 24.3 Å². The molecule has 1 amide bonds. The van der Waals surface area contributed by atoms with Gasteiger partial charge in [0.15, 0.2) is 0 Å². The van der Waals surface area contributed by atoms with Crippen LogP contribution in [0.5, 0.6) is 0 Å². The van der Waals surface area contributed by atoms with Crippen molar-refractivity contribution in [3.05, 3.63) is 68.8 Å². The van der Waals surface area contributed by atoms with Gasteiger partial charge in [-0.3, -0.25) is 4.79 Å². The Morgan fingerprint density at radius 3 is 2.50 bits per heavy atom. The van der Waals surface area contributed by atoms with Gasteiger partial charge in [0, 0.05) is 9.26 Å². The summed E-state index contributed by atoms with van der Waals surface area (Å²) >= 11 is 2.07. The Morgan fingerprint density at radius 2 is 1.88 bits per heavy atom. The molecule has 0 bridgehead atoms. The van der Waals surface area contributed by atoms with Gasteiger partial charge in [-0.15, -0.1) is 0 Å². The quantitative estimate of drug-likeness (QED) is 0.420. The van der Waals surface area contributed by atoms with Crippen molar-refractivity contribution < 1.29 is 18.0 Å². The molecular formula is C17H10F3IN2O. The lowest BCUT2D eigenvalue weighted by Crippen LogP contribution is -2.13. The third kappa shape index (κ3) is 4.83. The molecule has 0 unspecified atom stereocenters. The van der Waals surface area contributed by atoms with Crippen LogP contribution >= 0.6 is 22.6 Å². The maximum absolute atomic E-state index is 12.7. The molecule has 2 aromatic carbocycles. The predicted molar refractivity (Wildman–Crippen MR) is 92.8 cm³/mol. The highest BCUT2D eigenvalue weighted by Gasteiger charge is 2.30. The molecule has 0 aliphatic carbocycles. The average molecular weight is 442 g/mol. The second-order valence-corrected chi connectivity index (χ2v) is 6.00. The van der Waals surface area contributed by atoms with Crippen LogP contribution in [0.25, 0.3) is 6.08 Å². The first-order chi connectivity index (χ1) is 11.3. The van der Waals surface area contributed by atoms with Crippen molar-refractivity contribution in [2.75, 3.05) is 5.32 Å². The number of nitrogens with zero attached hydrogens (tertiary/aromatic N) is 1. The monoisotopic (exact) mass is 442 g/mol. The second kappa shape index (κ2) is 7.49. The summed E-state index contributed by atoms with van der Waals surface area (Å²) in [5.74, 6) is -0.683. The topological polar surface area (TPSA) is 52.9 Å². The minimum absolute atomic E-state index is 0.124. The van der Waals surface area contributed by atoms with Crippen molar-refractivity contribution in [1.82, 2.24) is 0 Å². The summed E-state index contributed by atoms with van der Waals surface area (Å²) in [6.45, 7) is 0. The normalized spacial score (nSPS) is 11.7. The zero-order chi connectivity index (χ0) is 17.7. The maximum Gasteiger partial charge on any atom is 0.416 e. The highest BCUT2D eigenvalue weighted by molar-refractivity contribution is 14.1. The largest absolute Gasteiger partial charge is 0.416 e. The van der Waals surface area contributed by atoms with E-state index in [4.69, 9.17) is 5.26 Å². The van der Waals surface area contributed by atoms with Gasteiger partial charge >= 0.3 is 6.18 Å². The molecule has 0 saturated carbocycles. The number of alkyl halides is 3. The lowest BCUT2D eigenvalue weighted by atomic mass is 10.1. The highest BCUT2D eigenvalue weighted by atomic mass is 127. The van der Waals surface area contributed by atoms with E-state index in [0.29, 0.717) is 5.69 Å². The van der Waals surface area contributed by atoms with E-state index in [2.05, 4.69) is 27.9 Å². The van der Waals surface area contributed by atoms with Gasteiger partial charge in [0.2, 0.25) is 0 Å². The van der Waals surface area contributed by atoms with E-state index in [0.717, 1.165) is 21.8 Å². The Bertz CT molecular complexity index is 838. The third-order valence-electron chi connectivity index (χ3n) is 2.97. The molecule has 0 aliphatic heterocycles. The summed E-state index contributed by atoms with van der Waals surface area (Å²) < 4.78 is 39.0. The number of rotatable bonds is 3. The predicted octanol–water partition coefficient (Wildman–Crippen LogP) is 4.86. The zero-order valence-corrected chi connectivity index (χ0v) is 14.2. The van der Waals surface area contributed by atoms with E-state index in [1.165, 1.54) is 12.1 Å². The van der Waals surface area contributed by atoms with Crippen LogP contribution in [-0.4, -0.2) is 5.91 Å². The molecule has 0 aliphatic rings. The van der Waals surface area contributed by atoms with Crippen LogP contribution < -0.4 is 5.32 Å². The molecule has 0 saturated heterocycles. The Labute approximate surface area is 149 Å². The Kier molecular flexibility index (Phi) is 5.62. The summed E-state index contributed by atoms with van der Waals surface area (Å²) in [6, 6.07) is 13.1. The van der Waals surface area contributed by atoms with Crippen molar-refractivity contribution in [3.63, 3.8) is 0 Å². The first-order valence-corrected chi connectivity index (χ1v) is 7.73. The molecule has 2 rings (SSSR count). The summed E-state index contributed by atoms with van der Waals surface area (Å²) in [7, 11) is 0. The molecule has 0 aromatic heterocycles. The van der Waals surface area contributed by atoms with Gasteiger partial charge < -0.3 is 5.32 Å². The smallest absolute Gasteiger partial charge is 0.321 e. The number of nitriles is 1. The molecule has 24 heavy (non-hydrogen) atoms. The molecule has 2 aromatic rings. The fraction of sp³-hybridized carbons (Fsp3) is 0.0588. The van der Waals surface area contributed by atoms with Crippen molar-refractivity contribution in [3.8, 4) is 6.07 Å². The number of hydrogen-bond donors (Lipinski definition) is 1. The van der Waals surface area contributed by atoms with Gasteiger partial charge in [-0.1, -0.05) is 18.2 Å². The number of benzene rings is 2. The van der Waals surface area contributed by atoms with E-state index in [1.807, 2.05) is 6.07 Å². The molecule has 7 heteroatoms. The van der Waals surface area contributed by atoms with Crippen molar-refractivity contribution in [1.29, 1.82) is 5.26 Å². The fourth-order valence-corrected chi connectivity index (χ4v) is 2.43. The van der Waals surface area contributed by atoms with Crippen molar-refractivity contribution in [2.45, 2.75) is 6.18 Å². The van der Waals surface area contributed by atoms with Crippen molar-refractivity contribution >= 4 is 40.3 Å². The van der Waals surface area contributed by atoms with Crippen LogP contribution in [0.3, 0.4) is 0 Å². The van der Waals surface area contributed by atoms with Crippen LogP contribution in [0.15, 0.2) is 54.1 Å². The van der Waals surface area contributed by atoms with Crippen LogP contribution in [0, 0.1) is 14.9 Å². The molecule has 0 fully saturated rings. The molecule has 122 valence electrons. The van der Waals surface area contributed by atoms with E-state index >= 15 is 0 Å². The minimum atomic E-state index is -4.49. The third-order valence-corrected chi connectivity index (χ3v) is 3.64. The van der Waals surface area contributed by atoms with Crippen LogP contribution in [-0.2, 0) is 11.0 Å². The van der Waals surface area contributed by atoms with Gasteiger partial charge in [0.05, 0.1) is 5.56 Å². The lowest BCUT2D eigenvalue weighted by Gasteiger charge is -2.07. The molecule has 0 atom stereocenters. The Balaban J connectivity index is 2.26. The second-order valence-electron chi connectivity index (χ2n) is 4.76. The molecule has 3 nitrogen and oxygen atoms in total. The van der Waals surface area contributed by atoms with Gasteiger partial charge in [-0.05, 0) is 64.6 Å². The number of anilines is 1. The van der Waals surface area contributed by atoms with Gasteiger partial charge in [0.25, 0.3) is 5.91 Å². The van der Waals surface area contributed by atoms with Gasteiger partial charge in [0.1, 0.15) is 11.6 Å². The number of hydrogen-bond acceptors (Lipinski definition) is 2. The molecule has 0 spiro atoms. The van der Waals surface area contributed by atoms with E-state index in [9.17, 15) is 18.0 Å². The first kappa shape index (κ1) is 18.0. The zero-order valence-electron chi connectivity index (χ0n) is 12.1. The lowest BCUT2D eigenvalue weighted by molar-refractivity contribution is -0.137. The average Bonchev–Trinajstić information content (AvgIpc) is 2.52. The number of nitrogens with one attached hydrogen (secondary N) is 1. The standard InChI is InChI=1S/C17H10F3IN2O/c18-17(19,20)13-4-1-3-11(8-13)7-12(10-22)16(24)23-15-6-2-5-14(21)9-15/h1-9H,(H,23,24)/b12-7+. The summed E-state index contributed by atoms with van der Waals surface area (Å²) in [5.41, 5.74) is -0.504. The number of carbonyl (C=O) groups is 1. The van der Waals surface area contributed by atoms with Gasteiger partial charge in [-0.25, -0.2) is 0 Å². The summed E-state index contributed by atoms with van der Waals surface area (Å²) in [5, 5.41) is 11.7. The summed E-state index contributed by atoms with van der Waals surface area (Å²) in [4.78, 5) is 12.1. The molecule has 1 N–H and O–H groups in total. The first-order valence-electron chi connectivity index (χ1n) is 6.65. The summed E-state index contributed by atoms with van der Waals surface area (Å²) in [6.07, 6.45) is -3.36. The number of carbonyl (C=O) groups excluding carboxylic acids is 1. The van der Waals surface area contributed by atoms with Gasteiger partial charge in [-0.2, -0.15) is 18.4 Å². The van der Waals surface area contributed by atoms with Crippen LogP contribution in [0.1, 0.15) is 11.1 Å². The highest BCUT2D eigenvalue weighted by Crippen LogP contribution is 2.30. The maximum atomic E-state index is 12.7. The number of halogens is 4. The Hall–Kier alpha value is -2.34. The van der Waals surface area contributed by atoms with Crippen molar-refractivity contribution in [2.24, 2.45) is 0 Å².